The van der Waals surface area contributed by atoms with E-state index in [1.165, 1.54) is 43.8 Å². The van der Waals surface area contributed by atoms with Crippen LogP contribution in [0.1, 0.15) is 69.6 Å². The molecule has 0 radical (unpaired) electrons. The van der Waals surface area contributed by atoms with E-state index in [1.807, 2.05) is 0 Å². The van der Waals surface area contributed by atoms with Crippen LogP contribution >= 0.6 is 0 Å². The number of rotatable bonds is 2. The second-order valence-electron chi connectivity index (χ2n) is 12.5. The third-order valence-electron chi connectivity index (χ3n) is 7.04. The normalized spacial score (nSPS) is 12.8. The number of hydrogen-bond acceptors (Lipinski definition) is 2. The van der Waals surface area contributed by atoms with E-state index in [9.17, 15) is 0 Å². The molecular weight excluding hydrogens is 426 g/mol. The molecule has 0 saturated carbocycles. The van der Waals surface area contributed by atoms with Crippen molar-refractivity contribution >= 4 is 32.6 Å². The quantitative estimate of drug-likeness (QED) is 0.260. The molecule has 0 aliphatic carbocycles. The molecule has 2 nitrogen and oxygen atoms in total. The number of furan rings is 1. The Kier molecular flexibility index (Phi) is 5.36. The van der Waals surface area contributed by atoms with Crippen molar-refractivity contribution in [3.63, 3.8) is 0 Å². The lowest BCUT2D eigenvalue weighted by molar-refractivity contribution is 0.369. The number of hydrogen-bond donors (Lipinski definition) is 0. The number of benzene rings is 3. The Morgan fingerprint density at radius 1 is 0.829 bits per heavy atom. The standard InChI is InChI=1S/C33H37NO/c1-19-14-20(2)28-26(15-19)34-30(31-29(28)21(3)27(35-31)18-32(4,5)6)23-16-22-12-10-11-13-24(22)25(17-23)33(7,8)9/h10-17H,18H2,1-9H3. The Balaban J connectivity index is 1.93. The van der Waals surface area contributed by atoms with Gasteiger partial charge < -0.3 is 4.42 Å². The summed E-state index contributed by atoms with van der Waals surface area (Å²) in [6, 6.07) is 17.8. The van der Waals surface area contributed by atoms with E-state index in [1.54, 1.807) is 0 Å². The number of aromatic nitrogens is 1. The van der Waals surface area contributed by atoms with Gasteiger partial charge in [-0.15, -0.1) is 0 Å². The van der Waals surface area contributed by atoms with Crippen molar-refractivity contribution in [2.45, 2.75) is 74.1 Å². The summed E-state index contributed by atoms with van der Waals surface area (Å²) in [6.07, 6.45) is 0.893. The lowest BCUT2D eigenvalue weighted by Crippen LogP contribution is -2.12. The van der Waals surface area contributed by atoms with Gasteiger partial charge in [-0.05, 0) is 82.8 Å². The second-order valence-corrected chi connectivity index (χ2v) is 12.5. The van der Waals surface area contributed by atoms with Crippen LogP contribution in [0.2, 0.25) is 0 Å². The van der Waals surface area contributed by atoms with E-state index in [0.717, 1.165) is 34.5 Å². The predicted octanol–water partition coefficient (Wildman–Crippen LogP) is 9.61. The predicted molar refractivity (Wildman–Crippen MR) is 151 cm³/mol. The lowest BCUT2D eigenvalue weighted by Gasteiger charge is -2.23. The van der Waals surface area contributed by atoms with Crippen LogP contribution < -0.4 is 0 Å². The first-order chi connectivity index (χ1) is 16.3. The van der Waals surface area contributed by atoms with Gasteiger partial charge >= 0.3 is 0 Å². The van der Waals surface area contributed by atoms with Gasteiger partial charge in [0.1, 0.15) is 11.5 Å². The summed E-state index contributed by atoms with van der Waals surface area (Å²) in [5.74, 6) is 1.07. The average Bonchev–Trinajstić information content (AvgIpc) is 3.05. The van der Waals surface area contributed by atoms with Crippen molar-refractivity contribution < 1.29 is 4.42 Å². The molecule has 0 unspecified atom stereocenters. The van der Waals surface area contributed by atoms with Gasteiger partial charge in [0, 0.05) is 22.8 Å². The number of nitrogens with zero attached hydrogens (tertiary/aromatic N) is 1. The fraction of sp³-hybridized carbons (Fsp3) is 0.364. The van der Waals surface area contributed by atoms with E-state index in [2.05, 4.69) is 111 Å². The topological polar surface area (TPSA) is 26.0 Å². The summed E-state index contributed by atoms with van der Waals surface area (Å²) >= 11 is 0. The summed E-state index contributed by atoms with van der Waals surface area (Å²) in [5.41, 5.74) is 9.23. The summed E-state index contributed by atoms with van der Waals surface area (Å²) in [7, 11) is 0. The van der Waals surface area contributed by atoms with Crippen LogP contribution in [-0.4, -0.2) is 4.98 Å². The molecule has 5 rings (SSSR count). The molecule has 2 heterocycles. The first-order valence-electron chi connectivity index (χ1n) is 12.7. The molecule has 0 atom stereocenters. The summed E-state index contributed by atoms with van der Waals surface area (Å²) < 4.78 is 6.73. The largest absolute Gasteiger partial charge is 0.458 e. The van der Waals surface area contributed by atoms with Crippen LogP contribution in [0.5, 0.6) is 0 Å². The molecule has 2 heteroatoms. The minimum absolute atomic E-state index is 0.00916. The molecule has 180 valence electrons. The molecule has 0 N–H and O–H groups in total. The fourth-order valence-corrected chi connectivity index (χ4v) is 5.47. The third kappa shape index (κ3) is 4.14. The van der Waals surface area contributed by atoms with Crippen molar-refractivity contribution in [1.82, 2.24) is 4.98 Å². The smallest absolute Gasteiger partial charge is 0.161 e. The highest BCUT2D eigenvalue weighted by molar-refractivity contribution is 6.12. The van der Waals surface area contributed by atoms with E-state index in [0.29, 0.717) is 0 Å². The Morgan fingerprint density at radius 3 is 2.23 bits per heavy atom. The van der Waals surface area contributed by atoms with E-state index < -0.39 is 0 Å². The summed E-state index contributed by atoms with van der Waals surface area (Å²) in [4.78, 5) is 5.28. The van der Waals surface area contributed by atoms with Gasteiger partial charge in [-0.3, -0.25) is 0 Å². The van der Waals surface area contributed by atoms with E-state index in [-0.39, 0.29) is 10.8 Å². The second kappa shape index (κ2) is 7.95. The Hall–Kier alpha value is -3.13. The Morgan fingerprint density at radius 2 is 1.54 bits per heavy atom. The van der Waals surface area contributed by atoms with Gasteiger partial charge in [0.25, 0.3) is 0 Å². The first-order valence-corrected chi connectivity index (χ1v) is 12.7. The van der Waals surface area contributed by atoms with Crippen molar-refractivity contribution in [1.29, 1.82) is 0 Å². The van der Waals surface area contributed by atoms with Crippen LogP contribution in [0.15, 0.2) is 52.9 Å². The highest BCUT2D eigenvalue weighted by Gasteiger charge is 2.25. The maximum absolute atomic E-state index is 6.73. The molecule has 5 aromatic rings. The monoisotopic (exact) mass is 463 g/mol. The lowest BCUT2D eigenvalue weighted by atomic mass is 9.82. The fourth-order valence-electron chi connectivity index (χ4n) is 5.47. The number of fused-ring (bicyclic) bond motifs is 4. The van der Waals surface area contributed by atoms with Crippen molar-refractivity contribution in [3.05, 3.63) is 76.5 Å². The molecule has 0 aliphatic rings. The van der Waals surface area contributed by atoms with Crippen molar-refractivity contribution in [2.24, 2.45) is 5.41 Å². The highest BCUT2D eigenvalue weighted by Crippen LogP contribution is 2.42. The van der Waals surface area contributed by atoms with Crippen LogP contribution in [0.4, 0.5) is 0 Å². The minimum atomic E-state index is 0.00916. The Labute approximate surface area is 209 Å². The molecule has 0 aliphatic heterocycles. The van der Waals surface area contributed by atoms with Gasteiger partial charge in [0.2, 0.25) is 0 Å². The zero-order valence-corrected chi connectivity index (χ0v) is 22.7. The van der Waals surface area contributed by atoms with Crippen LogP contribution in [-0.2, 0) is 11.8 Å². The highest BCUT2D eigenvalue weighted by atomic mass is 16.3. The minimum Gasteiger partial charge on any atom is -0.458 e. The van der Waals surface area contributed by atoms with Crippen molar-refractivity contribution in [3.8, 4) is 11.3 Å². The zero-order chi connectivity index (χ0) is 25.3. The average molecular weight is 464 g/mol. The maximum atomic E-state index is 6.73. The van der Waals surface area contributed by atoms with Gasteiger partial charge in [0.15, 0.2) is 5.58 Å². The number of aryl methyl sites for hydroxylation is 3. The zero-order valence-electron chi connectivity index (χ0n) is 22.7. The SMILES string of the molecule is Cc1cc(C)c2c(c1)nc(-c1cc(C(C)(C)C)c3ccccc3c1)c1oc(CC(C)(C)C)c(C)c12. The number of pyridine rings is 1. The first kappa shape index (κ1) is 23.6. The molecule has 0 spiro atoms. The van der Waals surface area contributed by atoms with Gasteiger partial charge in [0.05, 0.1) is 5.52 Å². The summed E-state index contributed by atoms with van der Waals surface area (Å²) in [5, 5.41) is 4.97. The molecule has 3 aromatic carbocycles. The van der Waals surface area contributed by atoms with Gasteiger partial charge in [-0.1, -0.05) is 71.9 Å². The van der Waals surface area contributed by atoms with E-state index >= 15 is 0 Å². The van der Waals surface area contributed by atoms with Crippen LogP contribution in [0.3, 0.4) is 0 Å². The van der Waals surface area contributed by atoms with Gasteiger partial charge in [-0.2, -0.15) is 0 Å². The van der Waals surface area contributed by atoms with E-state index in [4.69, 9.17) is 9.40 Å². The molecule has 0 fully saturated rings. The van der Waals surface area contributed by atoms with Crippen molar-refractivity contribution in [2.75, 3.05) is 0 Å². The molecule has 35 heavy (non-hydrogen) atoms. The van der Waals surface area contributed by atoms with Gasteiger partial charge in [-0.25, -0.2) is 4.98 Å². The molecule has 0 saturated heterocycles. The van der Waals surface area contributed by atoms with Crippen LogP contribution in [0, 0.1) is 26.2 Å². The van der Waals surface area contributed by atoms with Crippen LogP contribution in [0.25, 0.3) is 43.9 Å². The summed E-state index contributed by atoms with van der Waals surface area (Å²) in [6.45, 7) is 20.2. The molecule has 0 bridgehead atoms. The molecule has 0 amide bonds. The maximum Gasteiger partial charge on any atom is 0.161 e. The molecule has 2 aromatic heterocycles. The third-order valence-corrected chi connectivity index (χ3v) is 7.04. The Bertz CT molecular complexity index is 1600. The molecular formula is C33H37NO.